The van der Waals surface area contributed by atoms with Crippen molar-refractivity contribution in [3.05, 3.63) is 12.2 Å². The Bertz CT molecular complexity index is 231. The lowest BCUT2D eigenvalue weighted by atomic mass is 10.3. The number of nitrogens with zero attached hydrogens (tertiary/aromatic N) is 1. The van der Waals surface area contributed by atoms with E-state index in [1.54, 1.807) is 13.2 Å². The molecule has 0 rings (SSSR count). The zero-order valence-electron chi connectivity index (χ0n) is 8.12. The molecule has 0 aromatic carbocycles. The molecule has 0 saturated carbocycles. The van der Waals surface area contributed by atoms with Gasteiger partial charge in [0, 0.05) is 7.11 Å². The molecule has 0 fully saturated rings. The van der Waals surface area contributed by atoms with Crippen molar-refractivity contribution in [1.82, 2.24) is 0 Å². The van der Waals surface area contributed by atoms with E-state index in [-0.39, 0.29) is 18.8 Å². The predicted molar refractivity (Wildman–Crippen MR) is 48.4 cm³/mol. The fourth-order valence-corrected chi connectivity index (χ4v) is 0.570. The summed E-state index contributed by atoms with van der Waals surface area (Å²) in [4.78, 5) is 10.8. The topological polar surface area (TPSA) is 68.6 Å². The second kappa shape index (κ2) is 8.23. The van der Waals surface area contributed by atoms with Crippen LogP contribution in [0.4, 0.5) is 0 Å². The first kappa shape index (κ1) is 12.6. The molecule has 0 aliphatic heterocycles. The minimum absolute atomic E-state index is 0.114. The summed E-state index contributed by atoms with van der Waals surface area (Å²) in [6.45, 7) is 4.56. The fourth-order valence-electron chi connectivity index (χ4n) is 0.570. The fraction of sp³-hybridized carbons (Fsp3) is 0.556. The van der Waals surface area contributed by atoms with Gasteiger partial charge in [-0.25, -0.2) is 4.79 Å². The van der Waals surface area contributed by atoms with Gasteiger partial charge < -0.3 is 14.2 Å². The number of nitriles is 1. The number of hydrogen-bond acceptors (Lipinski definition) is 5. The Kier molecular flexibility index (Phi) is 7.42. The lowest BCUT2D eigenvalue weighted by molar-refractivity contribution is -0.140. The molecular formula is C9H13NO4. The van der Waals surface area contributed by atoms with Crippen LogP contribution >= 0.6 is 0 Å². The highest BCUT2D eigenvalue weighted by atomic mass is 16.6. The second-order valence-corrected chi connectivity index (χ2v) is 2.33. The smallest absolute Gasteiger partial charge is 0.348 e. The first-order valence-corrected chi connectivity index (χ1v) is 4.05. The maximum atomic E-state index is 10.8. The molecule has 0 spiro atoms. The Morgan fingerprint density at radius 2 is 2.00 bits per heavy atom. The Labute approximate surface area is 82.9 Å². The van der Waals surface area contributed by atoms with Gasteiger partial charge in [-0.1, -0.05) is 6.58 Å². The summed E-state index contributed by atoms with van der Waals surface area (Å²) in [5.41, 5.74) is -0.207. The molecule has 0 atom stereocenters. The van der Waals surface area contributed by atoms with E-state index in [0.29, 0.717) is 13.2 Å². The van der Waals surface area contributed by atoms with Crippen molar-refractivity contribution in [3.8, 4) is 6.07 Å². The molecule has 0 heterocycles. The molecule has 0 unspecified atom stereocenters. The van der Waals surface area contributed by atoms with Gasteiger partial charge in [0.15, 0.2) is 0 Å². The molecule has 5 nitrogen and oxygen atoms in total. The van der Waals surface area contributed by atoms with Crippen LogP contribution in [0.2, 0.25) is 0 Å². The number of methoxy groups -OCH3 is 1. The van der Waals surface area contributed by atoms with Crippen LogP contribution in [0.15, 0.2) is 12.2 Å². The van der Waals surface area contributed by atoms with Gasteiger partial charge in [0.25, 0.3) is 0 Å². The molecule has 14 heavy (non-hydrogen) atoms. The van der Waals surface area contributed by atoms with E-state index in [1.165, 1.54) is 0 Å². The van der Waals surface area contributed by atoms with Crippen molar-refractivity contribution in [2.24, 2.45) is 0 Å². The quantitative estimate of drug-likeness (QED) is 0.255. The summed E-state index contributed by atoms with van der Waals surface area (Å²) >= 11 is 0. The van der Waals surface area contributed by atoms with E-state index in [4.69, 9.17) is 14.7 Å². The first-order chi connectivity index (χ1) is 6.72. The molecule has 5 heteroatoms. The highest BCUT2D eigenvalue weighted by Gasteiger charge is 2.06. The van der Waals surface area contributed by atoms with Crippen molar-refractivity contribution >= 4 is 5.97 Å². The third-order valence-electron chi connectivity index (χ3n) is 1.27. The van der Waals surface area contributed by atoms with Crippen LogP contribution < -0.4 is 0 Å². The lowest BCUT2D eigenvalue weighted by Gasteiger charge is -2.04. The summed E-state index contributed by atoms with van der Waals surface area (Å²) in [5, 5.41) is 8.28. The SMILES string of the molecule is C=C(C#N)C(=O)OCCOCCOC. The summed E-state index contributed by atoms with van der Waals surface area (Å²) < 4.78 is 14.4. The average molecular weight is 199 g/mol. The highest BCUT2D eigenvalue weighted by Crippen LogP contribution is 1.91. The molecule has 0 aliphatic carbocycles. The van der Waals surface area contributed by atoms with E-state index in [2.05, 4.69) is 11.3 Å². The second-order valence-electron chi connectivity index (χ2n) is 2.33. The standard InChI is InChI=1S/C9H13NO4/c1-8(7-10)9(11)14-6-5-13-4-3-12-2/h1,3-6H2,2H3. The van der Waals surface area contributed by atoms with Crippen molar-refractivity contribution in [1.29, 1.82) is 5.26 Å². The zero-order chi connectivity index (χ0) is 10.8. The van der Waals surface area contributed by atoms with Gasteiger partial charge in [0.1, 0.15) is 18.2 Å². The lowest BCUT2D eigenvalue weighted by Crippen LogP contribution is -2.13. The van der Waals surface area contributed by atoms with E-state index in [9.17, 15) is 4.79 Å². The molecule has 0 N–H and O–H groups in total. The molecule has 0 bridgehead atoms. The molecule has 0 aliphatic rings. The van der Waals surface area contributed by atoms with Crippen LogP contribution in [-0.4, -0.2) is 39.5 Å². The van der Waals surface area contributed by atoms with Gasteiger partial charge in [-0.3, -0.25) is 0 Å². The summed E-state index contributed by atoms with van der Waals surface area (Å²) in [6, 6.07) is 1.60. The van der Waals surface area contributed by atoms with Crippen LogP contribution in [-0.2, 0) is 19.0 Å². The van der Waals surface area contributed by atoms with E-state index in [0.717, 1.165) is 0 Å². The third kappa shape index (κ3) is 6.17. The van der Waals surface area contributed by atoms with Crippen LogP contribution in [0.5, 0.6) is 0 Å². The van der Waals surface area contributed by atoms with Gasteiger partial charge in [-0.2, -0.15) is 5.26 Å². The normalized spacial score (nSPS) is 9.14. The highest BCUT2D eigenvalue weighted by molar-refractivity contribution is 5.91. The Morgan fingerprint density at radius 1 is 1.36 bits per heavy atom. The summed E-state index contributed by atoms with van der Waals surface area (Å²) in [7, 11) is 1.57. The molecule has 0 saturated heterocycles. The van der Waals surface area contributed by atoms with Gasteiger partial charge in [-0.15, -0.1) is 0 Å². The van der Waals surface area contributed by atoms with Gasteiger partial charge in [0.05, 0.1) is 19.8 Å². The Hall–Kier alpha value is -1.38. The average Bonchev–Trinajstić information content (AvgIpc) is 2.21. The van der Waals surface area contributed by atoms with Crippen LogP contribution in [0.1, 0.15) is 0 Å². The van der Waals surface area contributed by atoms with Crippen LogP contribution in [0.25, 0.3) is 0 Å². The van der Waals surface area contributed by atoms with E-state index >= 15 is 0 Å². The van der Waals surface area contributed by atoms with E-state index in [1.807, 2.05) is 0 Å². The summed E-state index contributed by atoms with van der Waals surface area (Å²) in [6.07, 6.45) is 0. The molecule has 0 amide bonds. The molecule has 0 aromatic rings. The molecular weight excluding hydrogens is 186 g/mol. The third-order valence-corrected chi connectivity index (χ3v) is 1.27. The number of carbonyl (C=O) groups is 1. The Balaban J connectivity index is 3.33. The van der Waals surface area contributed by atoms with Crippen LogP contribution in [0.3, 0.4) is 0 Å². The largest absolute Gasteiger partial charge is 0.459 e. The summed E-state index contributed by atoms with van der Waals surface area (Å²) in [5.74, 6) is -0.706. The number of rotatable bonds is 7. The van der Waals surface area contributed by atoms with E-state index < -0.39 is 5.97 Å². The molecule has 0 aromatic heterocycles. The number of esters is 1. The molecule has 0 radical (unpaired) electrons. The maximum Gasteiger partial charge on any atom is 0.348 e. The first-order valence-electron chi connectivity index (χ1n) is 4.05. The zero-order valence-corrected chi connectivity index (χ0v) is 8.12. The molecule has 78 valence electrons. The van der Waals surface area contributed by atoms with Crippen molar-refractivity contribution in [2.75, 3.05) is 33.5 Å². The van der Waals surface area contributed by atoms with Crippen molar-refractivity contribution in [2.45, 2.75) is 0 Å². The number of carbonyl (C=O) groups excluding carboxylic acids is 1. The predicted octanol–water partition coefficient (Wildman–Crippen LogP) is 0.272. The van der Waals surface area contributed by atoms with Gasteiger partial charge in [-0.05, 0) is 0 Å². The van der Waals surface area contributed by atoms with Crippen molar-refractivity contribution < 1.29 is 19.0 Å². The minimum atomic E-state index is -0.706. The maximum absolute atomic E-state index is 10.8. The van der Waals surface area contributed by atoms with Gasteiger partial charge >= 0.3 is 5.97 Å². The van der Waals surface area contributed by atoms with Crippen LogP contribution in [0, 0.1) is 11.3 Å². The number of ether oxygens (including phenoxy) is 3. The van der Waals surface area contributed by atoms with Gasteiger partial charge in [0.2, 0.25) is 0 Å². The minimum Gasteiger partial charge on any atom is -0.459 e. The number of hydrogen-bond donors (Lipinski definition) is 0. The van der Waals surface area contributed by atoms with Crippen molar-refractivity contribution in [3.63, 3.8) is 0 Å². The monoisotopic (exact) mass is 199 g/mol. The Morgan fingerprint density at radius 3 is 2.57 bits per heavy atom.